The Kier molecular flexibility index (Phi) is 4.51. The van der Waals surface area contributed by atoms with E-state index >= 15 is 0 Å². The maximum absolute atomic E-state index is 12.8. The lowest BCUT2D eigenvalue weighted by atomic mass is 9.79. The summed E-state index contributed by atoms with van der Waals surface area (Å²) in [5.41, 5.74) is 0.929. The molecule has 0 aliphatic carbocycles. The zero-order valence-corrected chi connectivity index (χ0v) is 12.5. The summed E-state index contributed by atoms with van der Waals surface area (Å²) in [6, 6.07) is 5.80. The van der Waals surface area contributed by atoms with Crippen molar-refractivity contribution in [3.8, 4) is 0 Å². The highest BCUT2D eigenvalue weighted by molar-refractivity contribution is 5.79. The number of aromatic nitrogens is 1. The van der Waals surface area contributed by atoms with Crippen molar-refractivity contribution >= 4 is 5.91 Å². The Bertz CT molecular complexity index is 478. The zero-order chi connectivity index (χ0) is 14.7. The summed E-state index contributed by atoms with van der Waals surface area (Å²) < 4.78 is 5.84. The van der Waals surface area contributed by atoms with Gasteiger partial charge >= 0.3 is 0 Å². The van der Waals surface area contributed by atoms with E-state index in [1.165, 1.54) is 0 Å². The van der Waals surface area contributed by atoms with Crippen molar-refractivity contribution < 1.29 is 9.53 Å². The van der Waals surface area contributed by atoms with Crippen LogP contribution in [-0.2, 0) is 16.1 Å². The molecule has 0 bridgehead atoms. The Morgan fingerprint density at radius 1 is 1.48 bits per heavy atom. The lowest BCUT2D eigenvalue weighted by molar-refractivity contribution is -0.147. The minimum Gasteiger partial charge on any atom is -0.378 e. The molecule has 0 saturated carbocycles. The molecule has 3 rings (SSSR count). The van der Waals surface area contributed by atoms with E-state index in [1.54, 1.807) is 6.20 Å². The number of nitrogens with zero attached hydrogens (tertiary/aromatic N) is 2. The molecule has 2 saturated heterocycles. The molecule has 5 nitrogen and oxygen atoms in total. The molecule has 2 fully saturated rings. The first-order valence-corrected chi connectivity index (χ1v) is 7.73. The summed E-state index contributed by atoms with van der Waals surface area (Å²) >= 11 is 0. The number of amides is 1. The molecule has 5 heteroatoms. The molecule has 1 N–H and O–H groups in total. The molecule has 3 heterocycles. The molecule has 1 aromatic heterocycles. The number of hydrogen-bond acceptors (Lipinski definition) is 4. The van der Waals surface area contributed by atoms with Gasteiger partial charge in [0, 0.05) is 38.2 Å². The van der Waals surface area contributed by atoms with Crippen LogP contribution in [0.15, 0.2) is 24.4 Å². The molecule has 0 spiro atoms. The minimum absolute atomic E-state index is 0.0743. The SMILES string of the molecule is CN(Cc1ccccn1)C(=O)[C@@H]1CCO[C@@H]2CCNC[C@H]21. The Labute approximate surface area is 125 Å². The van der Waals surface area contributed by atoms with E-state index in [1.807, 2.05) is 30.1 Å². The summed E-state index contributed by atoms with van der Waals surface area (Å²) in [5.74, 6) is 0.610. The summed E-state index contributed by atoms with van der Waals surface area (Å²) in [6.07, 6.45) is 3.85. The highest BCUT2D eigenvalue weighted by atomic mass is 16.5. The molecule has 114 valence electrons. The third-order valence-electron chi connectivity index (χ3n) is 4.56. The molecule has 2 aliphatic rings. The van der Waals surface area contributed by atoms with Crippen LogP contribution < -0.4 is 5.32 Å². The molecular weight excluding hydrogens is 266 g/mol. The lowest BCUT2D eigenvalue weighted by Gasteiger charge is -2.41. The molecule has 0 unspecified atom stereocenters. The molecule has 2 aliphatic heterocycles. The molecule has 21 heavy (non-hydrogen) atoms. The van der Waals surface area contributed by atoms with Gasteiger partial charge in [-0.15, -0.1) is 0 Å². The van der Waals surface area contributed by atoms with Crippen LogP contribution in [0, 0.1) is 11.8 Å². The second-order valence-corrected chi connectivity index (χ2v) is 5.98. The number of carbonyl (C=O) groups excluding carboxylic acids is 1. The van der Waals surface area contributed by atoms with E-state index in [0.29, 0.717) is 19.1 Å². The van der Waals surface area contributed by atoms with Gasteiger partial charge in [-0.3, -0.25) is 9.78 Å². The number of ether oxygens (including phenoxy) is 1. The van der Waals surface area contributed by atoms with E-state index in [2.05, 4.69) is 10.3 Å². The van der Waals surface area contributed by atoms with Crippen molar-refractivity contribution in [3.63, 3.8) is 0 Å². The quantitative estimate of drug-likeness (QED) is 0.904. The van der Waals surface area contributed by atoms with Crippen LogP contribution in [0.2, 0.25) is 0 Å². The van der Waals surface area contributed by atoms with Crippen LogP contribution >= 0.6 is 0 Å². The number of piperidine rings is 1. The predicted molar refractivity (Wildman–Crippen MR) is 79.5 cm³/mol. The van der Waals surface area contributed by atoms with Crippen LogP contribution in [0.5, 0.6) is 0 Å². The van der Waals surface area contributed by atoms with Gasteiger partial charge in [-0.2, -0.15) is 0 Å². The van der Waals surface area contributed by atoms with Gasteiger partial charge < -0.3 is 15.0 Å². The van der Waals surface area contributed by atoms with Gasteiger partial charge in [-0.1, -0.05) is 6.07 Å². The van der Waals surface area contributed by atoms with Gasteiger partial charge in [-0.25, -0.2) is 0 Å². The Hall–Kier alpha value is -1.46. The van der Waals surface area contributed by atoms with Crippen molar-refractivity contribution in [2.24, 2.45) is 11.8 Å². The van der Waals surface area contributed by atoms with Gasteiger partial charge in [0.1, 0.15) is 0 Å². The van der Waals surface area contributed by atoms with Gasteiger partial charge in [0.25, 0.3) is 0 Å². The van der Waals surface area contributed by atoms with Gasteiger partial charge in [0.15, 0.2) is 0 Å². The molecule has 1 aromatic rings. The maximum Gasteiger partial charge on any atom is 0.226 e. The molecule has 3 atom stereocenters. The molecule has 0 aromatic carbocycles. The number of hydrogen-bond donors (Lipinski definition) is 1. The van der Waals surface area contributed by atoms with E-state index < -0.39 is 0 Å². The van der Waals surface area contributed by atoms with Crippen molar-refractivity contribution in [3.05, 3.63) is 30.1 Å². The zero-order valence-electron chi connectivity index (χ0n) is 12.5. The topological polar surface area (TPSA) is 54.5 Å². The number of nitrogens with one attached hydrogen (secondary N) is 1. The summed E-state index contributed by atoms with van der Waals surface area (Å²) in [7, 11) is 1.87. The van der Waals surface area contributed by atoms with Crippen molar-refractivity contribution in [2.45, 2.75) is 25.5 Å². The predicted octanol–water partition coefficient (Wildman–Crippen LogP) is 1.05. The second-order valence-electron chi connectivity index (χ2n) is 5.98. The molecular formula is C16H23N3O2. The number of fused-ring (bicyclic) bond motifs is 1. The van der Waals surface area contributed by atoms with E-state index in [0.717, 1.165) is 31.6 Å². The third kappa shape index (κ3) is 3.24. The minimum atomic E-state index is 0.0743. The van der Waals surface area contributed by atoms with Crippen LogP contribution in [0.1, 0.15) is 18.5 Å². The third-order valence-corrected chi connectivity index (χ3v) is 4.56. The fraction of sp³-hybridized carbons (Fsp3) is 0.625. The average Bonchev–Trinajstić information content (AvgIpc) is 2.54. The summed E-state index contributed by atoms with van der Waals surface area (Å²) in [5, 5.41) is 3.39. The van der Waals surface area contributed by atoms with Gasteiger partial charge in [0.05, 0.1) is 18.3 Å². The van der Waals surface area contributed by atoms with E-state index in [9.17, 15) is 4.79 Å². The van der Waals surface area contributed by atoms with E-state index in [4.69, 9.17) is 4.74 Å². The lowest BCUT2D eigenvalue weighted by Crippen LogP contribution is -2.52. The maximum atomic E-state index is 12.8. The fourth-order valence-electron chi connectivity index (χ4n) is 3.43. The van der Waals surface area contributed by atoms with Crippen molar-refractivity contribution in [1.29, 1.82) is 0 Å². The van der Waals surface area contributed by atoms with Crippen LogP contribution in [0.3, 0.4) is 0 Å². The first-order chi connectivity index (χ1) is 10.3. The average molecular weight is 289 g/mol. The van der Waals surface area contributed by atoms with Crippen molar-refractivity contribution in [1.82, 2.24) is 15.2 Å². The van der Waals surface area contributed by atoms with Gasteiger partial charge in [-0.05, 0) is 31.5 Å². The Balaban J connectivity index is 1.65. The van der Waals surface area contributed by atoms with E-state index in [-0.39, 0.29) is 17.9 Å². The van der Waals surface area contributed by atoms with Gasteiger partial charge in [0.2, 0.25) is 5.91 Å². The van der Waals surface area contributed by atoms with Crippen LogP contribution in [0.4, 0.5) is 0 Å². The first kappa shape index (κ1) is 14.5. The highest BCUT2D eigenvalue weighted by Crippen LogP contribution is 2.31. The fourth-order valence-corrected chi connectivity index (χ4v) is 3.43. The standard InChI is InChI=1S/C16H23N3O2/c1-19(11-12-4-2-3-7-18-12)16(20)13-6-9-21-15-5-8-17-10-14(13)15/h2-4,7,13-15,17H,5-6,8-11H2,1H3/t13-,14+,15-/m1/s1. The van der Waals surface area contributed by atoms with Crippen LogP contribution in [0.25, 0.3) is 0 Å². The van der Waals surface area contributed by atoms with Crippen LogP contribution in [-0.4, -0.2) is 48.6 Å². The number of pyridine rings is 1. The highest BCUT2D eigenvalue weighted by Gasteiger charge is 2.40. The van der Waals surface area contributed by atoms with Crippen molar-refractivity contribution in [2.75, 3.05) is 26.7 Å². The normalized spacial score (nSPS) is 28.7. The molecule has 1 amide bonds. The first-order valence-electron chi connectivity index (χ1n) is 7.73. The monoisotopic (exact) mass is 289 g/mol. The Morgan fingerprint density at radius 2 is 2.38 bits per heavy atom. The smallest absolute Gasteiger partial charge is 0.226 e. The summed E-state index contributed by atoms with van der Waals surface area (Å²) in [4.78, 5) is 18.9. The summed E-state index contributed by atoms with van der Waals surface area (Å²) in [6.45, 7) is 3.15. The largest absolute Gasteiger partial charge is 0.378 e. The number of carbonyl (C=O) groups is 1. The Morgan fingerprint density at radius 3 is 3.19 bits per heavy atom. The number of rotatable bonds is 3. The second kappa shape index (κ2) is 6.54. The molecule has 0 radical (unpaired) electrons.